The van der Waals surface area contributed by atoms with E-state index in [1.807, 2.05) is 60.4 Å². The molecule has 0 saturated carbocycles. The number of benzene rings is 3. The van der Waals surface area contributed by atoms with Gasteiger partial charge in [-0.05, 0) is 43.3 Å². The molecule has 3 atom stereocenters. The van der Waals surface area contributed by atoms with Crippen LogP contribution in [0.2, 0.25) is 0 Å². The smallest absolute Gasteiger partial charge is 0.240 e. The zero-order chi connectivity index (χ0) is 22.3. The molecular weight excluding hydrogens is 428 g/mol. The van der Waals surface area contributed by atoms with Crippen LogP contribution in [0.25, 0.3) is 0 Å². The number of anilines is 2. The Morgan fingerprint density at radius 3 is 2.12 bits per heavy atom. The van der Waals surface area contributed by atoms with Crippen LogP contribution >= 0.6 is 0 Å². The van der Waals surface area contributed by atoms with Gasteiger partial charge in [0.2, 0.25) is 10.0 Å². The summed E-state index contributed by atoms with van der Waals surface area (Å²) in [6.45, 7) is 2.22. The topological polar surface area (TPSA) is 88.1 Å². The second-order valence-electron chi connectivity index (χ2n) is 8.04. The number of rotatable bonds is 4. The standard InChI is InChI=1S/C24H24N2O5S/c1-16-10-12-17(13-11-16)32(28,29)25-18-14-30-15-21(24(18)27)26-19-6-2-4-8-22(19)31-23-9-5-3-7-20(23)26/h2-13,18,21,24-25,27H,14-15H2,1H3/t18-,21+,24+/m1/s1. The molecular formula is C24H24N2O5S. The molecule has 166 valence electrons. The normalized spacial score (nSPS) is 22.6. The average Bonchev–Trinajstić information content (AvgIpc) is 2.79. The van der Waals surface area contributed by atoms with Crippen molar-refractivity contribution in [2.24, 2.45) is 0 Å². The minimum atomic E-state index is -3.82. The van der Waals surface area contributed by atoms with Gasteiger partial charge in [-0.1, -0.05) is 42.0 Å². The van der Waals surface area contributed by atoms with E-state index in [9.17, 15) is 13.5 Å². The fourth-order valence-corrected chi connectivity index (χ4v) is 5.42. The molecule has 0 amide bonds. The summed E-state index contributed by atoms with van der Waals surface area (Å²) in [7, 11) is -3.82. The monoisotopic (exact) mass is 452 g/mol. The second-order valence-corrected chi connectivity index (χ2v) is 9.76. The molecule has 0 aromatic heterocycles. The Hall–Kier alpha value is -2.91. The minimum Gasteiger partial charge on any atom is -0.453 e. The number of sulfonamides is 1. The van der Waals surface area contributed by atoms with E-state index < -0.39 is 28.2 Å². The molecule has 0 radical (unpaired) electrons. The maximum Gasteiger partial charge on any atom is 0.240 e. The molecule has 0 aliphatic carbocycles. The number of aryl methyl sites for hydroxylation is 1. The highest BCUT2D eigenvalue weighted by Gasteiger charge is 2.41. The maximum absolute atomic E-state index is 12.9. The molecule has 8 heteroatoms. The molecule has 0 bridgehead atoms. The van der Waals surface area contributed by atoms with Crippen molar-refractivity contribution in [3.05, 3.63) is 78.4 Å². The summed E-state index contributed by atoms with van der Waals surface area (Å²) in [5.74, 6) is 1.33. The first-order chi connectivity index (χ1) is 15.4. The summed E-state index contributed by atoms with van der Waals surface area (Å²) in [4.78, 5) is 2.13. The molecule has 32 heavy (non-hydrogen) atoms. The van der Waals surface area contributed by atoms with Gasteiger partial charge in [-0.15, -0.1) is 0 Å². The lowest BCUT2D eigenvalue weighted by Gasteiger charge is -2.44. The third kappa shape index (κ3) is 3.75. The average molecular weight is 453 g/mol. The largest absolute Gasteiger partial charge is 0.453 e. The first kappa shape index (κ1) is 21.0. The maximum atomic E-state index is 12.9. The lowest BCUT2D eigenvalue weighted by Crippen LogP contribution is -2.60. The predicted molar refractivity (Wildman–Crippen MR) is 121 cm³/mol. The van der Waals surface area contributed by atoms with Crippen molar-refractivity contribution in [1.29, 1.82) is 0 Å². The van der Waals surface area contributed by atoms with Gasteiger partial charge in [0.25, 0.3) is 0 Å². The van der Waals surface area contributed by atoms with Crippen LogP contribution in [0.15, 0.2) is 77.7 Å². The van der Waals surface area contributed by atoms with Crippen molar-refractivity contribution in [2.45, 2.75) is 30.0 Å². The van der Waals surface area contributed by atoms with E-state index in [4.69, 9.17) is 9.47 Å². The van der Waals surface area contributed by atoms with E-state index in [1.165, 1.54) is 0 Å². The molecule has 3 aromatic carbocycles. The fourth-order valence-electron chi connectivity index (χ4n) is 4.19. The van der Waals surface area contributed by atoms with E-state index in [2.05, 4.69) is 4.72 Å². The van der Waals surface area contributed by atoms with E-state index in [1.54, 1.807) is 24.3 Å². The predicted octanol–water partition coefficient (Wildman–Crippen LogP) is 3.35. The molecule has 2 aliphatic rings. The van der Waals surface area contributed by atoms with Gasteiger partial charge in [0.15, 0.2) is 11.5 Å². The van der Waals surface area contributed by atoms with E-state index in [0.717, 1.165) is 16.9 Å². The van der Waals surface area contributed by atoms with Gasteiger partial charge in [-0.25, -0.2) is 13.1 Å². The van der Waals surface area contributed by atoms with Crippen molar-refractivity contribution in [1.82, 2.24) is 4.72 Å². The summed E-state index contributed by atoms with van der Waals surface area (Å²) in [5.41, 5.74) is 2.55. The zero-order valence-corrected chi connectivity index (χ0v) is 18.3. The summed E-state index contributed by atoms with van der Waals surface area (Å²) >= 11 is 0. The van der Waals surface area contributed by atoms with Gasteiger partial charge in [0.1, 0.15) is 0 Å². The molecule has 2 N–H and O–H groups in total. The third-order valence-corrected chi connectivity index (χ3v) is 7.34. The zero-order valence-electron chi connectivity index (χ0n) is 17.5. The van der Waals surface area contributed by atoms with Crippen LogP contribution < -0.4 is 14.4 Å². The highest BCUT2D eigenvalue weighted by molar-refractivity contribution is 7.89. The number of nitrogens with one attached hydrogen (secondary N) is 1. The number of ether oxygens (including phenoxy) is 2. The summed E-state index contributed by atoms with van der Waals surface area (Å²) in [5, 5.41) is 11.3. The Morgan fingerprint density at radius 1 is 0.906 bits per heavy atom. The Balaban J connectivity index is 1.46. The molecule has 7 nitrogen and oxygen atoms in total. The van der Waals surface area contributed by atoms with Gasteiger partial charge in [-0.2, -0.15) is 0 Å². The lowest BCUT2D eigenvalue weighted by molar-refractivity contribution is -0.0244. The molecule has 0 spiro atoms. The Labute approximate surface area is 187 Å². The van der Waals surface area contributed by atoms with Crippen LogP contribution in [0.5, 0.6) is 11.5 Å². The van der Waals surface area contributed by atoms with Crippen LogP contribution in [-0.4, -0.2) is 44.9 Å². The molecule has 2 aliphatic heterocycles. The summed E-state index contributed by atoms with van der Waals surface area (Å²) < 4.78 is 40.3. The number of aliphatic hydroxyl groups is 1. The lowest BCUT2D eigenvalue weighted by atomic mass is 9.98. The van der Waals surface area contributed by atoms with Gasteiger partial charge < -0.3 is 19.5 Å². The summed E-state index contributed by atoms with van der Waals surface area (Å²) in [6, 6.07) is 20.4. The van der Waals surface area contributed by atoms with Gasteiger partial charge in [0.05, 0.1) is 47.7 Å². The van der Waals surface area contributed by atoms with Crippen LogP contribution in [0.1, 0.15) is 5.56 Å². The van der Waals surface area contributed by atoms with Gasteiger partial charge >= 0.3 is 0 Å². The molecule has 1 saturated heterocycles. The van der Waals surface area contributed by atoms with Crippen LogP contribution in [0.3, 0.4) is 0 Å². The number of hydrogen-bond donors (Lipinski definition) is 2. The molecule has 1 fully saturated rings. The number of nitrogens with zero attached hydrogens (tertiary/aromatic N) is 1. The molecule has 3 aromatic rings. The SMILES string of the molecule is Cc1ccc(S(=O)(=O)N[C@@H]2COC[C@H](N3c4ccccc4Oc4ccccc43)[C@H]2O)cc1. The van der Waals surface area contributed by atoms with Crippen molar-refractivity contribution in [3.63, 3.8) is 0 Å². The Kier molecular flexibility index (Phi) is 5.38. The Bertz CT molecular complexity index is 1180. The first-order valence-corrected chi connectivity index (χ1v) is 11.9. The van der Waals surface area contributed by atoms with Gasteiger partial charge in [-0.3, -0.25) is 0 Å². The number of aliphatic hydroxyl groups excluding tert-OH is 1. The molecule has 5 rings (SSSR count). The van der Waals surface area contributed by atoms with Crippen LogP contribution in [0.4, 0.5) is 11.4 Å². The van der Waals surface area contributed by atoms with E-state index in [-0.39, 0.29) is 18.1 Å². The summed E-state index contributed by atoms with van der Waals surface area (Å²) in [6.07, 6.45) is -1.01. The van der Waals surface area contributed by atoms with Crippen LogP contribution in [0, 0.1) is 6.92 Å². The van der Waals surface area contributed by atoms with Crippen LogP contribution in [-0.2, 0) is 14.8 Å². The molecule has 2 heterocycles. The van der Waals surface area contributed by atoms with Gasteiger partial charge in [0, 0.05) is 0 Å². The highest BCUT2D eigenvalue weighted by Crippen LogP contribution is 2.48. The van der Waals surface area contributed by atoms with Crippen molar-refractivity contribution >= 4 is 21.4 Å². The quantitative estimate of drug-likeness (QED) is 0.631. The highest BCUT2D eigenvalue weighted by atomic mass is 32.2. The van der Waals surface area contributed by atoms with Crippen molar-refractivity contribution < 1.29 is 23.0 Å². The Morgan fingerprint density at radius 2 is 1.50 bits per heavy atom. The number of fused-ring (bicyclic) bond motifs is 2. The van der Waals surface area contributed by atoms with E-state index >= 15 is 0 Å². The number of para-hydroxylation sites is 4. The second kappa shape index (κ2) is 8.22. The molecule has 0 unspecified atom stereocenters. The van der Waals surface area contributed by atoms with Crippen molar-refractivity contribution in [3.8, 4) is 11.5 Å². The van der Waals surface area contributed by atoms with E-state index in [0.29, 0.717) is 11.5 Å². The minimum absolute atomic E-state index is 0.0798. The van der Waals surface area contributed by atoms with Crippen molar-refractivity contribution in [2.75, 3.05) is 18.1 Å². The fraction of sp³-hybridized carbons (Fsp3) is 0.250. The third-order valence-electron chi connectivity index (χ3n) is 5.83. The first-order valence-electron chi connectivity index (χ1n) is 10.4. The number of hydrogen-bond acceptors (Lipinski definition) is 6.